The van der Waals surface area contributed by atoms with E-state index in [4.69, 9.17) is 10.5 Å². The summed E-state index contributed by atoms with van der Waals surface area (Å²) in [5.74, 6) is 0.843. The summed E-state index contributed by atoms with van der Waals surface area (Å²) in [6.45, 7) is 8.03. The van der Waals surface area contributed by atoms with Gasteiger partial charge < -0.3 is 10.5 Å². The van der Waals surface area contributed by atoms with Crippen LogP contribution < -0.4 is 5.73 Å². The molecule has 0 aromatic heterocycles. The average molecular weight is 187 g/mol. The van der Waals surface area contributed by atoms with Crippen LogP contribution in [0.5, 0.6) is 0 Å². The number of hydrogen-bond acceptors (Lipinski definition) is 2. The van der Waals surface area contributed by atoms with E-state index in [1.54, 1.807) is 0 Å². The van der Waals surface area contributed by atoms with Gasteiger partial charge in [0.1, 0.15) is 0 Å². The molecule has 0 rings (SSSR count). The first-order valence-electron chi connectivity index (χ1n) is 5.56. The maximum Gasteiger partial charge on any atom is 0.0669 e. The normalized spacial score (nSPS) is 15.7. The fourth-order valence-corrected chi connectivity index (χ4v) is 1.46. The molecule has 0 aliphatic rings. The van der Waals surface area contributed by atoms with Crippen molar-refractivity contribution >= 4 is 0 Å². The Labute approximate surface area is 82.8 Å². The van der Waals surface area contributed by atoms with Gasteiger partial charge in [-0.15, -0.1) is 0 Å². The molecule has 0 fully saturated rings. The summed E-state index contributed by atoms with van der Waals surface area (Å²) in [6, 6.07) is 0. The Bertz CT molecular complexity index is 106. The molecular weight excluding hydrogens is 162 g/mol. The first-order valence-corrected chi connectivity index (χ1v) is 5.56. The van der Waals surface area contributed by atoms with Crippen molar-refractivity contribution in [3.8, 4) is 0 Å². The van der Waals surface area contributed by atoms with Gasteiger partial charge in [-0.05, 0) is 19.3 Å². The van der Waals surface area contributed by atoms with Crippen molar-refractivity contribution < 1.29 is 4.74 Å². The molecule has 2 N–H and O–H groups in total. The van der Waals surface area contributed by atoms with Crippen molar-refractivity contribution in [2.24, 2.45) is 11.7 Å². The van der Waals surface area contributed by atoms with Gasteiger partial charge in [0, 0.05) is 13.2 Å². The molecule has 0 radical (unpaired) electrons. The molecule has 0 saturated heterocycles. The maximum atomic E-state index is 5.54. The topological polar surface area (TPSA) is 35.2 Å². The summed E-state index contributed by atoms with van der Waals surface area (Å²) in [6.07, 6.45) is 5.30. The summed E-state index contributed by atoms with van der Waals surface area (Å²) in [7, 11) is 0. The van der Waals surface area contributed by atoms with E-state index in [0.717, 1.165) is 12.5 Å². The third-order valence-electron chi connectivity index (χ3n) is 2.53. The SMILES string of the molecule is CCCC(CC)CCOC(C)CN. The summed E-state index contributed by atoms with van der Waals surface area (Å²) in [4.78, 5) is 0. The Kier molecular flexibility index (Phi) is 8.46. The molecule has 0 aliphatic carbocycles. The molecule has 2 unspecified atom stereocenters. The average Bonchev–Trinajstić information content (AvgIpc) is 2.16. The van der Waals surface area contributed by atoms with E-state index in [1.165, 1.54) is 25.7 Å². The molecule has 0 heterocycles. The zero-order valence-electron chi connectivity index (χ0n) is 9.38. The maximum absolute atomic E-state index is 5.54. The number of hydrogen-bond donors (Lipinski definition) is 1. The number of rotatable bonds is 8. The molecular formula is C11H25NO. The van der Waals surface area contributed by atoms with E-state index in [9.17, 15) is 0 Å². The lowest BCUT2D eigenvalue weighted by Crippen LogP contribution is -2.21. The molecule has 2 nitrogen and oxygen atoms in total. The Morgan fingerprint density at radius 3 is 2.38 bits per heavy atom. The van der Waals surface area contributed by atoms with Gasteiger partial charge in [0.2, 0.25) is 0 Å². The Morgan fingerprint density at radius 2 is 1.92 bits per heavy atom. The van der Waals surface area contributed by atoms with Gasteiger partial charge in [-0.25, -0.2) is 0 Å². The van der Waals surface area contributed by atoms with Crippen molar-refractivity contribution in [3.05, 3.63) is 0 Å². The van der Waals surface area contributed by atoms with Gasteiger partial charge in [0.15, 0.2) is 0 Å². The van der Waals surface area contributed by atoms with E-state index in [2.05, 4.69) is 13.8 Å². The van der Waals surface area contributed by atoms with Crippen LogP contribution in [0, 0.1) is 5.92 Å². The molecule has 80 valence electrons. The van der Waals surface area contributed by atoms with Crippen molar-refractivity contribution in [1.82, 2.24) is 0 Å². The molecule has 0 spiro atoms. The molecule has 2 atom stereocenters. The Morgan fingerprint density at radius 1 is 1.23 bits per heavy atom. The highest BCUT2D eigenvalue weighted by atomic mass is 16.5. The van der Waals surface area contributed by atoms with Crippen molar-refractivity contribution in [3.63, 3.8) is 0 Å². The van der Waals surface area contributed by atoms with Crippen LogP contribution in [0.4, 0.5) is 0 Å². The van der Waals surface area contributed by atoms with Crippen LogP contribution in [-0.4, -0.2) is 19.3 Å². The van der Waals surface area contributed by atoms with Gasteiger partial charge in [-0.3, -0.25) is 0 Å². The van der Waals surface area contributed by atoms with Crippen LogP contribution in [-0.2, 0) is 4.74 Å². The molecule has 13 heavy (non-hydrogen) atoms. The van der Waals surface area contributed by atoms with Crippen LogP contribution in [0.1, 0.15) is 46.5 Å². The summed E-state index contributed by atoms with van der Waals surface area (Å²) in [5, 5.41) is 0. The molecule has 0 aromatic rings. The second-order valence-electron chi connectivity index (χ2n) is 3.77. The minimum atomic E-state index is 0.221. The molecule has 0 aromatic carbocycles. The lowest BCUT2D eigenvalue weighted by Gasteiger charge is -2.15. The van der Waals surface area contributed by atoms with Gasteiger partial charge in [0.05, 0.1) is 6.10 Å². The first-order chi connectivity index (χ1) is 6.24. The summed E-state index contributed by atoms with van der Waals surface area (Å²) >= 11 is 0. The predicted octanol–water partition coefficient (Wildman–Crippen LogP) is 2.57. The fraction of sp³-hybridized carbons (Fsp3) is 1.00. The monoisotopic (exact) mass is 187 g/mol. The van der Waals surface area contributed by atoms with Crippen molar-refractivity contribution in [2.45, 2.75) is 52.6 Å². The minimum absolute atomic E-state index is 0.221. The van der Waals surface area contributed by atoms with E-state index >= 15 is 0 Å². The summed E-state index contributed by atoms with van der Waals surface area (Å²) in [5.41, 5.74) is 5.46. The van der Waals surface area contributed by atoms with E-state index in [0.29, 0.717) is 6.54 Å². The smallest absolute Gasteiger partial charge is 0.0669 e. The molecule has 0 aliphatic heterocycles. The van der Waals surface area contributed by atoms with E-state index in [1.807, 2.05) is 6.92 Å². The van der Waals surface area contributed by atoms with Gasteiger partial charge >= 0.3 is 0 Å². The lowest BCUT2D eigenvalue weighted by atomic mass is 9.98. The second kappa shape index (κ2) is 8.52. The van der Waals surface area contributed by atoms with Crippen molar-refractivity contribution in [2.75, 3.05) is 13.2 Å². The lowest BCUT2D eigenvalue weighted by molar-refractivity contribution is 0.0608. The van der Waals surface area contributed by atoms with Crippen LogP contribution in [0.25, 0.3) is 0 Å². The van der Waals surface area contributed by atoms with Crippen LogP contribution >= 0.6 is 0 Å². The number of ether oxygens (including phenoxy) is 1. The highest BCUT2D eigenvalue weighted by Gasteiger charge is 2.05. The highest BCUT2D eigenvalue weighted by molar-refractivity contribution is 4.57. The van der Waals surface area contributed by atoms with Crippen LogP contribution in [0.15, 0.2) is 0 Å². The third kappa shape index (κ3) is 7.03. The Balaban J connectivity index is 3.37. The fourth-order valence-electron chi connectivity index (χ4n) is 1.46. The van der Waals surface area contributed by atoms with Crippen molar-refractivity contribution in [1.29, 1.82) is 0 Å². The molecule has 0 bridgehead atoms. The standard InChI is InChI=1S/C11H25NO/c1-4-6-11(5-2)7-8-13-10(3)9-12/h10-11H,4-9,12H2,1-3H3. The molecule has 0 saturated carbocycles. The molecule has 0 amide bonds. The van der Waals surface area contributed by atoms with Gasteiger partial charge in [0.25, 0.3) is 0 Å². The van der Waals surface area contributed by atoms with Gasteiger partial charge in [-0.1, -0.05) is 33.1 Å². The predicted molar refractivity (Wildman–Crippen MR) is 57.8 cm³/mol. The number of nitrogens with two attached hydrogens (primary N) is 1. The minimum Gasteiger partial charge on any atom is -0.377 e. The van der Waals surface area contributed by atoms with E-state index in [-0.39, 0.29) is 6.10 Å². The molecule has 2 heteroatoms. The largest absolute Gasteiger partial charge is 0.377 e. The summed E-state index contributed by atoms with van der Waals surface area (Å²) < 4.78 is 5.54. The zero-order chi connectivity index (χ0) is 10.1. The first kappa shape index (κ1) is 12.9. The zero-order valence-corrected chi connectivity index (χ0v) is 9.38. The van der Waals surface area contributed by atoms with Crippen LogP contribution in [0.2, 0.25) is 0 Å². The second-order valence-corrected chi connectivity index (χ2v) is 3.77. The van der Waals surface area contributed by atoms with Gasteiger partial charge in [-0.2, -0.15) is 0 Å². The van der Waals surface area contributed by atoms with Crippen LogP contribution in [0.3, 0.4) is 0 Å². The highest BCUT2D eigenvalue weighted by Crippen LogP contribution is 2.15. The van der Waals surface area contributed by atoms with E-state index < -0.39 is 0 Å². The quantitative estimate of drug-likeness (QED) is 0.634. The third-order valence-corrected chi connectivity index (χ3v) is 2.53. The Hall–Kier alpha value is -0.0800.